The summed E-state index contributed by atoms with van der Waals surface area (Å²) in [6, 6.07) is 5.65. The molecule has 8 heteroatoms. The Balaban J connectivity index is 2.20. The van der Waals surface area contributed by atoms with E-state index in [0.29, 0.717) is 23.7 Å². The summed E-state index contributed by atoms with van der Waals surface area (Å²) in [5.41, 5.74) is 0.574. The summed E-state index contributed by atoms with van der Waals surface area (Å²) >= 11 is 5.80. The molecule has 21 heavy (non-hydrogen) atoms. The smallest absolute Gasteiger partial charge is 0.305 e. The summed E-state index contributed by atoms with van der Waals surface area (Å²) in [4.78, 5) is 11.0. The standard InChI is InChI=1S/C13H17ClN2O4S/c14-11-5-3-10(4-6-11)12(9-13(17)18)15-21(19,20)16-7-1-2-8-16/h3-6,12,15H,1-2,7-9H2,(H,17,18). The maximum Gasteiger partial charge on any atom is 0.305 e. The van der Waals surface area contributed by atoms with Crippen molar-refractivity contribution in [1.29, 1.82) is 0 Å². The fourth-order valence-electron chi connectivity index (χ4n) is 2.28. The van der Waals surface area contributed by atoms with Crippen molar-refractivity contribution in [2.45, 2.75) is 25.3 Å². The van der Waals surface area contributed by atoms with Crippen LogP contribution in [0.5, 0.6) is 0 Å². The molecule has 1 unspecified atom stereocenters. The van der Waals surface area contributed by atoms with Crippen molar-refractivity contribution in [2.75, 3.05) is 13.1 Å². The maximum atomic E-state index is 12.3. The van der Waals surface area contributed by atoms with Gasteiger partial charge in [-0.2, -0.15) is 17.4 Å². The molecule has 6 nitrogen and oxygen atoms in total. The SMILES string of the molecule is O=C(O)CC(NS(=O)(=O)N1CCCC1)c1ccc(Cl)cc1. The lowest BCUT2D eigenvalue weighted by atomic mass is 10.1. The largest absolute Gasteiger partial charge is 0.481 e. The Morgan fingerprint density at radius 2 is 1.86 bits per heavy atom. The van der Waals surface area contributed by atoms with Crippen molar-refractivity contribution < 1.29 is 18.3 Å². The molecule has 1 saturated heterocycles. The molecule has 1 aliphatic heterocycles. The first-order chi connectivity index (χ1) is 9.88. The van der Waals surface area contributed by atoms with E-state index in [1.54, 1.807) is 24.3 Å². The molecule has 1 atom stereocenters. The van der Waals surface area contributed by atoms with Crippen molar-refractivity contribution >= 4 is 27.8 Å². The molecule has 1 fully saturated rings. The van der Waals surface area contributed by atoms with Crippen molar-refractivity contribution in [1.82, 2.24) is 9.03 Å². The number of hydrogen-bond acceptors (Lipinski definition) is 3. The molecular weight excluding hydrogens is 316 g/mol. The molecule has 0 bridgehead atoms. The molecule has 0 amide bonds. The van der Waals surface area contributed by atoms with Crippen molar-refractivity contribution in [3.63, 3.8) is 0 Å². The van der Waals surface area contributed by atoms with Gasteiger partial charge in [-0.15, -0.1) is 0 Å². The Kier molecular flexibility index (Phi) is 5.21. The minimum absolute atomic E-state index is 0.325. The van der Waals surface area contributed by atoms with E-state index < -0.39 is 22.2 Å². The molecule has 0 aromatic heterocycles. The van der Waals surface area contributed by atoms with Gasteiger partial charge in [0.15, 0.2) is 0 Å². The number of halogens is 1. The predicted molar refractivity (Wildman–Crippen MR) is 79.3 cm³/mol. The second kappa shape index (κ2) is 6.74. The van der Waals surface area contributed by atoms with Crippen LogP contribution in [-0.2, 0) is 15.0 Å². The van der Waals surface area contributed by atoms with Gasteiger partial charge in [-0.3, -0.25) is 4.79 Å². The lowest BCUT2D eigenvalue weighted by Crippen LogP contribution is -2.41. The molecule has 1 heterocycles. The van der Waals surface area contributed by atoms with Gasteiger partial charge in [0, 0.05) is 18.1 Å². The first kappa shape index (κ1) is 16.2. The Hall–Kier alpha value is -1.15. The Morgan fingerprint density at radius 3 is 2.38 bits per heavy atom. The molecule has 2 N–H and O–H groups in total. The number of carboxylic acids is 1. The van der Waals surface area contributed by atoms with E-state index in [0.717, 1.165) is 12.8 Å². The molecular formula is C13H17ClN2O4S. The monoisotopic (exact) mass is 332 g/mol. The summed E-state index contributed by atoms with van der Waals surface area (Å²) in [5, 5.41) is 9.50. The van der Waals surface area contributed by atoms with Crippen LogP contribution in [0.1, 0.15) is 30.9 Å². The molecule has 1 aliphatic rings. The number of hydrogen-bond donors (Lipinski definition) is 2. The van der Waals surface area contributed by atoms with Crippen molar-refractivity contribution in [3.8, 4) is 0 Å². The van der Waals surface area contributed by atoms with E-state index in [1.165, 1.54) is 4.31 Å². The molecule has 2 rings (SSSR count). The zero-order valence-corrected chi connectivity index (χ0v) is 12.9. The second-order valence-corrected chi connectivity index (χ2v) is 7.07. The van der Waals surface area contributed by atoms with Gasteiger partial charge in [0.25, 0.3) is 10.2 Å². The summed E-state index contributed by atoms with van der Waals surface area (Å²) in [7, 11) is -3.68. The van der Waals surface area contributed by atoms with E-state index in [1.807, 2.05) is 0 Å². The molecule has 0 radical (unpaired) electrons. The first-order valence-electron chi connectivity index (χ1n) is 6.63. The van der Waals surface area contributed by atoms with Crippen LogP contribution in [0.2, 0.25) is 5.02 Å². The van der Waals surface area contributed by atoms with Gasteiger partial charge in [-0.1, -0.05) is 23.7 Å². The van der Waals surface area contributed by atoms with Crippen LogP contribution in [-0.4, -0.2) is 36.9 Å². The highest BCUT2D eigenvalue weighted by atomic mass is 35.5. The predicted octanol–water partition coefficient (Wildman–Crippen LogP) is 1.79. The van der Waals surface area contributed by atoms with Gasteiger partial charge in [0.05, 0.1) is 12.5 Å². The molecule has 116 valence electrons. The van der Waals surface area contributed by atoms with Crippen molar-refractivity contribution in [2.24, 2.45) is 0 Å². The summed E-state index contributed by atoms with van der Waals surface area (Å²) < 4.78 is 28.3. The van der Waals surface area contributed by atoms with Crippen LogP contribution in [0.4, 0.5) is 0 Å². The van der Waals surface area contributed by atoms with Gasteiger partial charge < -0.3 is 5.11 Å². The highest BCUT2D eigenvalue weighted by molar-refractivity contribution is 7.87. The van der Waals surface area contributed by atoms with Crippen LogP contribution < -0.4 is 4.72 Å². The van der Waals surface area contributed by atoms with Gasteiger partial charge in [0.2, 0.25) is 0 Å². The zero-order chi connectivity index (χ0) is 15.5. The Morgan fingerprint density at radius 1 is 1.29 bits per heavy atom. The van der Waals surface area contributed by atoms with Gasteiger partial charge in [-0.25, -0.2) is 0 Å². The lowest BCUT2D eigenvalue weighted by molar-refractivity contribution is -0.137. The van der Waals surface area contributed by atoms with Crippen molar-refractivity contribution in [3.05, 3.63) is 34.9 Å². The summed E-state index contributed by atoms with van der Waals surface area (Å²) in [6.07, 6.45) is 1.33. The third-order valence-corrected chi connectivity index (χ3v) is 5.23. The van der Waals surface area contributed by atoms with Crippen LogP contribution in [0.15, 0.2) is 24.3 Å². The fourth-order valence-corrected chi connectivity index (χ4v) is 3.87. The highest BCUT2D eigenvalue weighted by Gasteiger charge is 2.29. The molecule has 0 aliphatic carbocycles. The number of nitrogens with zero attached hydrogens (tertiary/aromatic N) is 1. The topological polar surface area (TPSA) is 86.7 Å². The number of benzene rings is 1. The van der Waals surface area contributed by atoms with E-state index in [2.05, 4.69) is 4.72 Å². The number of aliphatic carboxylic acids is 1. The van der Waals surface area contributed by atoms with E-state index in [-0.39, 0.29) is 6.42 Å². The van der Waals surface area contributed by atoms with E-state index in [4.69, 9.17) is 16.7 Å². The minimum atomic E-state index is -3.68. The average Bonchev–Trinajstić information content (AvgIpc) is 2.92. The summed E-state index contributed by atoms with van der Waals surface area (Å²) in [6.45, 7) is 0.936. The highest BCUT2D eigenvalue weighted by Crippen LogP contribution is 2.22. The fraction of sp³-hybridized carbons (Fsp3) is 0.462. The Labute approximate surface area is 128 Å². The average molecular weight is 333 g/mol. The van der Waals surface area contributed by atoms with Crippen LogP contribution in [0.3, 0.4) is 0 Å². The maximum absolute atomic E-state index is 12.3. The number of nitrogens with one attached hydrogen (secondary N) is 1. The number of carbonyl (C=O) groups is 1. The third kappa shape index (κ3) is 4.41. The summed E-state index contributed by atoms with van der Waals surface area (Å²) in [5.74, 6) is -1.07. The first-order valence-corrected chi connectivity index (χ1v) is 8.45. The molecule has 0 spiro atoms. The molecule has 1 aromatic carbocycles. The third-order valence-electron chi connectivity index (χ3n) is 3.35. The number of rotatable bonds is 6. The van der Waals surface area contributed by atoms with Crippen LogP contribution in [0, 0.1) is 0 Å². The van der Waals surface area contributed by atoms with Gasteiger partial charge >= 0.3 is 5.97 Å². The quantitative estimate of drug-likeness (QED) is 0.831. The number of carboxylic acid groups (broad SMARTS) is 1. The van der Waals surface area contributed by atoms with E-state index >= 15 is 0 Å². The zero-order valence-electron chi connectivity index (χ0n) is 11.3. The van der Waals surface area contributed by atoms with Gasteiger partial charge in [-0.05, 0) is 30.5 Å². The molecule has 0 saturated carbocycles. The lowest BCUT2D eigenvalue weighted by Gasteiger charge is -2.22. The second-order valence-electron chi connectivity index (χ2n) is 4.93. The van der Waals surface area contributed by atoms with E-state index in [9.17, 15) is 13.2 Å². The van der Waals surface area contributed by atoms with Crippen LogP contribution >= 0.6 is 11.6 Å². The van der Waals surface area contributed by atoms with Gasteiger partial charge in [0.1, 0.15) is 0 Å². The minimum Gasteiger partial charge on any atom is -0.481 e. The Bertz CT molecular complexity index is 597. The van der Waals surface area contributed by atoms with Crippen LogP contribution in [0.25, 0.3) is 0 Å². The molecule has 1 aromatic rings. The normalized spacial score (nSPS) is 17.8.